The molecule has 4 nitrogen and oxygen atoms in total. The number of amides is 1. The van der Waals surface area contributed by atoms with E-state index in [-0.39, 0.29) is 24.1 Å². The third kappa shape index (κ3) is 2.59. The van der Waals surface area contributed by atoms with Gasteiger partial charge in [0.2, 0.25) is 0 Å². The topological polar surface area (TPSA) is 48.1 Å². The Bertz CT molecular complexity index is 688. The van der Waals surface area contributed by atoms with Crippen LogP contribution in [0.15, 0.2) is 24.3 Å². The molecule has 0 aliphatic carbocycles. The molecule has 0 radical (unpaired) electrons. The van der Waals surface area contributed by atoms with E-state index in [1.807, 2.05) is 4.90 Å². The molecular weight excluding hydrogens is 305 g/mol. The van der Waals surface area contributed by atoms with E-state index in [1.165, 1.54) is 25.0 Å². The van der Waals surface area contributed by atoms with E-state index in [1.54, 1.807) is 12.1 Å². The van der Waals surface area contributed by atoms with Crippen LogP contribution in [-0.4, -0.2) is 41.5 Å². The van der Waals surface area contributed by atoms with Crippen molar-refractivity contribution in [3.05, 3.63) is 35.8 Å². The molecule has 2 aromatic rings. The molecule has 6 heteroatoms. The monoisotopic (exact) mass is 323 g/mol. The number of aromatic amines is 1. The van der Waals surface area contributed by atoms with Crippen molar-refractivity contribution < 1.29 is 9.18 Å². The third-order valence-corrected chi connectivity index (χ3v) is 4.70. The molecule has 2 N–H and O–H groups in total. The van der Waals surface area contributed by atoms with Gasteiger partial charge in [-0.05, 0) is 49.6 Å². The van der Waals surface area contributed by atoms with Gasteiger partial charge < -0.3 is 15.2 Å². The number of carbonyl (C=O) groups excluding carboxylic acids is 1. The van der Waals surface area contributed by atoms with Crippen LogP contribution in [0.2, 0.25) is 0 Å². The Labute approximate surface area is 134 Å². The van der Waals surface area contributed by atoms with Crippen LogP contribution in [0, 0.1) is 11.7 Å². The maximum atomic E-state index is 13.2. The molecule has 0 bridgehead atoms. The molecule has 22 heavy (non-hydrogen) atoms. The Balaban J connectivity index is 0.00000144. The number of rotatable bonds is 1. The highest BCUT2D eigenvalue weighted by Gasteiger charge is 2.36. The summed E-state index contributed by atoms with van der Waals surface area (Å²) in [6, 6.07) is 6.71. The van der Waals surface area contributed by atoms with Crippen LogP contribution in [0.5, 0.6) is 0 Å². The van der Waals surface area contributed by atoms with Crippen molar-refractivity contribution in [3.63, 3.8) is 0 Å². The molecule has 2 saturated heterocycles. The van der Waals surface area contributed by atoms with Gasteiger partial charge in [-0.3, -0.25) is 4.79 Å². The van der Waals surface area contributed by atoms with Gasteiger partial charge in [0.25, 0.3) is 5.91 Å². The van der Waals surface area contributed by atoms with Gasteiger partial charge in [-0.15, -0.1) is 12.4 Å². The summed E-state index contributed by atoms with van der Waals surface area (Å²) < 4.78 is 13.2. The largest absolute Gasteiger partial charge is 0.351 e. The summed E-state index contributed by atoms with van der Waals surface area (Å²) in [4.78, 5) is 17.6. The molecule has 2 aliphatic heterocycles. The number of piperidine rings is 1. The molecule has 0 spiro atoms. The van der Waals surface area contributed by atoms with Gasteiger partial charge in [-0.2, -0.15) is 0 Å². The maximum absolute atomic E-state index is 13.2. The van der Waals surface area contributed by atoms with Crippen molar-refractivity contribution in [2.24, 2.45) is 5.92 Å². The standard InChI is InChI=1S/C16H18FN3O.ClH/c17-12-3-4-13-11(6-12)7-14(19-13)16(21)20-8-10-2-1-5-18-15(10)9-20;/h3-4,6-7,10,15,18-19H,1-2,5,8-9H2;1H/t10-,15+;/m0./s1. The fourth-order valence-corrected chi connectivity index (χ4v) is 3.60. The minimum atomic E-state index is -0.281. The van der Waals surface area contributed by atoms with Gasteiger partial charge in [0.15, 0.2) is 0 Å². The van der Waals surface area contributed by atoms with E-state index in [2.05, 4.69) is 10.3 Å². The molecule has 1 aromatic carbocycles. The van der Waals surface area contributed by atoms with Gasteiger partial charge in [0.05, 0.1) is 0 Å². The Morgan fingerprint density at radius 3 is 2.95 bits per heavy atom. The van der Waals surface area contributed by atoms with Crippen LogP contribution in [0.1, 0.15) is 23.3 Å². The number of likely N-dealkylation sites (tertiary alicyclic amines) is 1. The smallest absolute Gasteiger partial charge is 0.270 e. The predicted molar refractivity (Wildman–Crippen MR) is 85.9 cm³/mol. The number of carbonyl (C=O) groups is 1. The Kier molecular flexibility index (Phi) is 4.10. The number of hydrogen-bond acceptors (Lipinski definition) is 2. The second-order valence-corrected chi connectivity index (χ2v) is 6.09. The Hall–Kier alpha value is -1.59. The number of benzene rings is 1. The minimum Gasteiger partial charge on any atom is -0.351 e. The highest BCUT2D eigenvalue weighted by atomic mass is 35.5. The zero-order chi connectivity index (χ0) is 14.4. The fourth-order valence-electron chi connectivity index (χ4n) is 3.60. The Morgan fingerprint density at radius 2 is 2.14 bits per heavy atom. The van der Waals surface area contributed by atoms with Crippen LogP contribution in [0.25, 0.3) is 10.9 Å². The maximum Gasteiger partial charge on any atom is 0.270 e. The molecule has 0 unspecified atom stereocenters. The second kappa shape index (κ2) is 5.89. The van der Waals surface area contributed by atoms with Crippen molar-refractivity contribution in [2.75, 3.05) is 19.6 Å². The van der Waals surface area contributed by atoms with Crippen LogP contribution in [0.4, 0.5) is 4.39 Å². The van der Waals surface area contributed by atoms with E-state index in [4.69, 9.17) is 0 Å². The summed E-state index contributed by atoms with van der Waals surface area (Å²) in [5.74, 6) is 0.309. The SMILES string of the molecule is Cl.O=C(c1cc2cc(F)ccc2[nH]1)N1C[C@@H]2CCCN[C@@H]2C1. The van der Waals surface area contributed by atoms with Crippen LogP contribution >= 0.6 is 12.4 Å². The van der Waals surface area contributed by atoms with Gasteiger partial charge in [0.1, 0.15) is 11.5 Å². The summed E-state index contributed by atoms with van der Waals surface area (Å²) in [5.41, 5.74) is 1.35. The van der Waals surface area contributed by atoms with Crippen molar-refractivity contribution in [3.8, 4) is 0 Å². The first-order valence-electron chi connectivity index (χ1n) is 7.51. The van der Waals surface area contributed by atoms with Crippen LogP contribution in [-0.2, 0) is 0 Å². The lowest BCUT2D eigenvalue weighted by atomic mass is 9.94. The number of nitrogens with one attached hydrogen (secondary N) is 2. The molecule has 2 fully saturated rings. The lowest BCUT2D eigenvalue weighted by molar-refractivity contribution is 0.0781. The molecule has 1 aromatic heterocycles. The second-order valence-electron chi connectivity index (χ2n) is 6.09. The number of aromatic nitrogens is 1. The third-order valence-electron chi connectivity index (χ3n) is 4.70. The minimum absolute atomic E-state index is 0. The highest BCUT2D eigenvalue weighted by molar-refractivity contribution is 5.98. The molecule has 2 atom stereocenters. The number of nitrogens with zero attached hydrogens (tertiary/aromatic N) is 1. The zero-order valence-electron chi connectivity index (χ0n) is 12.1. The number of H-pyrrole nitrogens is 1. The number of halogens is 2. The summed E-state index contributed by atoms with van der Waals surface area (Å²) >= 11 is 0. The first-order valence-corrected chi connectivity index (χ1v) is 7.51. The quantitative estimate of drug-likeness (QED) is 0.847. The molecule has 4 rings (SSSR count). The molecule has 1 amide bonds. The lowest BCUT2D eigenvalue weighted by Crippen LogP contribution is -2.41. The zero-order valence-corrected chi connectivity index (χ0v) is 13.0. The molecule has 118 valence electrons. The lowest BCUT2D eigenvalue weighted by Gasteiger charge is -2.24. The molecule has 2 aliphatic rings. The van der Waals surface area contributed by atoms with Gasteiger partial charge in [0, 0.05) is 30.0 Å². The predicted octanol–water partition coefficient (Wildman–Crippen LogP) is 2.55. The van der Waals surface area contributed by atoms with Crippen molar-refractivity contribution >= 4 is 29.2 Å². The van der Waals surface area contributed by atoms with Crippen LogP contribution < -0.4 is 5.32 Å². The van der Waals surface area contributed by atoms with Crippen molar-refractivity contribution in [1.29, 1.82) is 0 Å². The van der Waals surface area contributed by atoms with Crippen LogP contribution in [0.3, 0.4) is 0 Å². The molecule has 3 heterocycles. The van der Waals surface area contributed by atoms with Gasteiger partial charge in [-0.25, -0.2) is 4.39 Å². The normalized spacial score (nSPS) is 24.1. The molecule has 0 saturated carbocycles. The van der Waals surface area contributed by atoms with Crippen molar-refractivity contribution in [2.45, 2.75) is 18.9 Å². The van der Waals surface area contributed by atoms with Crippen molar-refractivity contribution in [1.82, 2.24) is 15.2 Å². The van der Waals surface area contributed by atoms with E-state index in [0.29, 0.717) is 17.7 Å². The average molecular weight is 324 g/mol. The van der Waals surface area contributed by atoms with E-state index >= 15 is 0 Å². The summed E-state index contributed by atoms with van der Waals surface area (Å²) in [7, 11) is 0. The average Bonchev–Trinajstić information content (AvgIpc) is 3.09. The first kappa shape index (κ1) is 15.3. The first-order chi connectivity index (χ1) is 10.2. The summed E-state index contributed by atoms with van der Waals surface area (Å²) in [5, 5.41) is 4.24. The number of hydrogen-bond donors (Lipinski definition) is 2. The van der Waals surface area contributed by atoms with Gasteiger partial charge in [-0.1, -0.05) is 0 Å². The fraction of sp³-hybridized carbons (Fsp3) is 0.438. The number of fused-ring (bicyclic) bond motifs is 2. The van der Waals surface area contributed by atoms with Gasteiger partial charge >= 0.3 is 0 Å². The summed E-state index contributed by atoms with van der Waals surface area (Å²) in [6.45, 7) is 2.64. The Morgan fingerprint density at radius 1 is 1.27 bits per heavy atom. The van der Waals surface area contributed by atoms with E-state index in [0.717, 1.165) is 30.5 Å². The summed E-state index contributed by atoms with van der Waals surface area (Å²) in [6.07, 6.45) is 2.38. The van der Waals surface area contributed by atoms with E-state index in [9.17, 15) is 9.18 Å². The van der Waals surface area contributed by atoms with E-state index < -0.39 is 0 Å². The highest BCUT2D eigenvalue weighted by Crippen LogP contribution is 2.26. The molecular formula is C16H19ClFN3O.